The molecule has 0 aliphatic heterocycles. The molecule has 0 fully saturated rings. The first-order chi connectivity index (χ1) is 13.3. The average molecular weight is 466 g/mol. The summed E-state index contributed by atoms with van der Waals surface area (Å²) in [5.41, 5.74) is 0. The Bertz CT molecular complexity index is 860. The third kappa shape index (κ3) is 5.93. The first kappa shape index (κ1) is 23.1. The molecule has 0 aromatic heterocycles. The van der Waals surface area contributed by atoms with E-state index in [1.54, 1.807) is 12.1 Å². The standard InChI is InChI=1S/C20H23Cl3O4S/c1-3-14(2)13-27-20-18(22)11-17(12-19(20)23)28(24,25)16-7-5-15(6-8-16)26-10-4-9-21/h5-8,11-12,14H,3-4,9-10,13H2,1-2H3/t14-/m1/s1. The van der Waals surface area contributed by atoms with Crippen LogP contribution in [0.3, 0.4) is 0 Å². The number of benzene rings is 2. The minimum Gasteiger partial charge on any atom is -0.494 e. The van der Waals surface area contributed by atoms with Gasteiger partial charge in [-0.2, -0.15) is 0 Å². The zero-order chi connectivity index (χ0) is 20.7. The normalized spacial score (nSPS) is 12.6. The smallest absolute Gasteiger partial charge is 0.206 e. The van der Waals surface area contributed by atoms with E-state index in [9.17, 15) is 8.42 Å². The number of halogens is 3. The van der Waals surface area contributed by atoms with E-state index in [0.717, 1.165) is 6.42 Å². The van der Waals surface area contributed by atoms with Crippen molar-refractivity contribution in [2.24, 2.45) is 5.92 Å². The molecule has 0 radical (unpaired) electrons. The van der Waals surface area contributed by atoms with Gasteiger partial charge in [0.15, 0.2) is 5.75 Å². The van der Waals surface area contributed by atoms with Crippen LogP contribution in [0.1, 0.15) is 26.7 Å². The van der Waals surface area contributed by atoms with Gasteiger partial charge in [-0.3, -0.25) is 0 Å². The third-order valence-electron chi connectivity index (χ3n) is 4.17. The summed E-state index contributed by atoms with van der Waals surface area (Å²) in [4.78, 5) is 0.131. The largest absolute Gasteiger partial charge is 0.494 e. The highest BCUT2D eigenvalue weighted by Crippen LogP contribution is 2.37. The molecule has 4 nitrogen and oxygen atoms in total. The summed E-state index contributed by atoms with van der Waals surface area (Å²) in [6, 6.07) is 8.90. The van der Waals surface area contributed by atoms with Gasteiger partial charge in [-0.15, -0.1) is 11.6 Å². The Morgan fingerprint density at radius 1 is 1.00 bits per heavy atom. The van der Waals surface area contributed by atoms with Crippen LogP contribution in [-0.4, -0.2) is 27.5 Å². The molecular weight excluding hydrogens is 443 g/mol. The highest BCUT2D eigenvalue weighted by atomic mass is 35.5. The average Bonchev–Trinajstić information content (AvgIpc) is 2.67. The Labute approximate surface area is 181 Å². The second-order valence-electron chi connectivity index (χ2n) is 6.41. The Kier molecular flexibility index (Phi) is 8.75. The van der Waals surface area contributed by atoms with Crippen LogP contribution in [0.2, 0.25) is 10.0 Å². The fourth-order valence-corrected chi connectivity index (χ4v) is 4.42. The van der Waals surface area contributed by atoms with E-state index in [1.165, 1.54) is 24.3 Å². The van der Waals surface area contributed by atoms with Crippen molar-refractivity contribution in [3.05, 3.63) is 46.4 Å². The Hall–Kier alpha value is -1.14. The highest BCUT2D eigenvalue weighted by Gasteiger charge is 2.22. The van der Waals surface area contributed by atoms with E-state index >= 15 is 0 Å². The van der Waals surface area contributed by atoms with E-state index in [4.69, 9.17) is 44.3 Å². The fourth-order valence-electron chi connectivity index (χ4n) is 2.27. The lowest BCUT2D eigenvalue weighted by Crippen LogP contribution is -2.08. The van der Waals surface area contributed by atoms with Crippen molar-refractivity contribution < 1.29 is 17.9 Å². The quantitative estimate of drug-likeness (QED) is 0.307. The number of sulfone groups is 1. The summed E-state index contributed by atoms with van der Waals surface area (Å²) in [6.45, 7) is 5.02. The van der Waals surface area contributed by atoms with Crippen LogP contribution < -0.4 is 9.47 Å². The molecule has 0 aliphatic carbocycles. The van der Waals surface area contributed by atoms with Gasteiger partial charge in [0, 0.05) is 5.88 Å². The van der Waals surface area contributed by atoms with Gasteiger partial charge in [0.2, 0.25) is 9.84 Å². The molecule has 8 heteroatoms. The molecule has 0 bridgehead atoms. The lowest BCUT2D eigenvalue weighted by molar-refractivity contribution is 0.257. The summed E-state index contributed by atoms with van der Waals surface area (Å²) in [5, 5.41) is 0.325. The van der Waals surface area contributed by atoms with Crippen LogP contribution in [0, 0.1) is 5.92 Å². The lowest BCUT2D eigenvalue weighted by atomic mass is 10.1. The molecule has 0 amide bonds. The molecule has 0 spiro atoms. The minimum absolute atomic E-state index is 0.00852. The van der Waals surface area contributed by atoms with E-state index in [1.807, 2.05) is 6.92 Å². The molecule has 2 aromatic carbocycles. The van der Waals surface area contributed by atoms with Crippen LogP contribution in [-0.2, 0) is 9.84 Å². The summed E-state index contributed by atoms with van der Waals surface area (Å²) in [5.74, 6) is 1.71. The molecule has 1 atom stereocenters. The molecule has 2 rings (SSSR count). The first-order valence-electron chi connectivity index (χ1n) is 8.95. The van der Waals surface area contributed by atoms with Gasteiger partial charge in [-0.25, -0.2) is 8.42 Å². The molecule has 0 unspecified atom stereocenters. The predicted octanol–water partition coefficient (Wildman–Crippen LogP) is 6.26. The number of alkyl halides is 1. The Morgan fingerprint density at radius 2 is 1.61 bits per heavy atom. The number of rotatable bonds is 10. The summed E-state index contributed by atoms with van der Waals surface area (Å²) in [6.07, 6.45) is 1.66. The maximum Gasteiger partial charge on any atom is 0.206 e. The Morgan fingerprint density at radius 3 is 2.14 bits per heavy atom. The molecule has 154 valence electrons. The number of ether oxygens (including phenoxy) is 2. The highest BCUT2D eigenvalue weighted by molar-refractivity contribution is 7.91. The lowest BCUT2D eigenvalue weighted by Gasteiger charge is -2.15. The van der Waals surface area contributed by atoms with Crippen LogP contribution in [0.25, 0.3) is 0 Å². The fraction of sp³-hybridized carbons (Fsp3) is 0.400. The zero-order valence-corrected chi connectivity index (χ0v) is 18.8. The zero-order valence-electron chi connectivity index (χ0n) is 15.8. The monoisotopic (exact) mass is 464 g/mol. The van der Waals surface area contributed by atoms with E-state index in [0.29, 0.717) is 42.9 Å². The van der Waals surface area contributed by atoms with Crippen molar-refractivity contribution >= 4 is 44.6 Å². The summed E-state index contributed by atoms with van der Waals surface area (Å²) in [7, 11) is -3.78. The van der Waals surface area contributed by atoms with Crippen LogP contribution in [0.5, 0.6) is 11.5 Å². The molecule has 28 heavy (non-hydrogen) atoms. The number of hydrogen-bond donors (Lipinski definition) is 0. The maximum absolute atomic E-state index is 12.9. The number of hydrogen-bond acceptors (Lipinski definition) is 4. The third-order valence-corrected chi connectivity index (χ3v) is 6.75. The van der Waals surface area contributed by atoms with Gasteiger partial charge in [-0.1, -0.05) is 43.5 Å². The molecule has 0 heterocycles. The second-order valence-corrected chi connectivity index (χ2v) is 9.55. The molecule has 0 aliphatic rings. The van der Waals surface area contributed by atoms with Crippen molar-refractivity contribution in [3.8, 4) is 11.5 Å². The van der Waals surface area contributed by atoms with Crippen molar-refractivity contribution in [3.63, 3.8) is 0 Å². The molecule has 2 aromatic rings. The molecule has 0 N–H and O–H groups in total. The van der Waals surface area contributed by atoms with E-state index in [2.05, 4.69) is 6.92 Å². The maximum atomic E-state index is 12.9. The van der Waals surface area contributed by atoms with Gasteiger partial charge < -0.3 is 9.47 Å². The Balaban J connectivity index is 2.23. The van der Waals surface area contributed by atoms with E-state index in [-0.39, 0.29) is 19.8 Å². The van der Waals surface area contributed by atoms with Gasteiger partial charge in [0.1, 0.15) is 5.75 Å². The predicted molar refractivity (Wildman–Crippen MR) is 114 cm³/mol. The van der Waals surface area contributed by atoms with Crippen molar-refractivity contribution in [2.45, 2.75) is 36.5 Å². The summed E-state index contributed by atoms with van der Waals surface area (Å²) >= 11 is 18.1. The van der Waals surface area contributed by atoms with Gasteiger partial charge in [0.05, 0.1) is 33.0 Å². The van der Waals surface area contributed by atoms with Gasteiger partial charge in [0.25, 0.3) is 0 Å². The second kappa shape index (κ2) is 10.6. The minimum atomic E-state index is -3.78. The first-order valence-corrected chi connectivity index (χ1v) is 11.7. The SMILES string of the molecule is CC[C@@H](C)COc1c(Cl)cc(S(=O)(=O)c2ccc(OCCCCl)cc2)cc1Cl. The van der Waals surface area contributed by atoms with Crippen molar-refractivity contribution in [2.75, 3.05) is 19.1 Å². The van der Waals surface area contributed by atoms with E-state index < -0.39 is 9.84 Å². The van der Waals surface area contributed by atoms with Gasteiger partial charge in [-0.05, 0) is 48.7 Å². The summed E-state index contributed by atoms with van der Waals surface area (Å²) < 4.78 is 37.0. The van der Waals surface area contributed by atoms with Crippen LogP contribution in [0.15, 0.2) is 46.2 Å². The van der Waals surface area contributed by atoms with Gasteiger partial charge >= 0.3 is 0 Å². The van der Waals surface area contributed by atoms with Crippen molar-refractivity contribution in [1.82, 2.24) is 0 Å². The van der Waals surface area contributed by atoms with Crippen molar-refractivity contribution in [1.29, 1.82) is 0 Å². The van der Waals surface area contributed by atoms with Crippen LogP contribution >= 0.6 is 34.8 Å². The topological polar surface area (TPSA) is 52.6 Å². The molecular formula is C20H23Cl3O4S. The van der Waals surface area contributed by atoms with Crippen LogP contribution in [0.4, 0.5) is 0 Å². The molecule has 0 saturated heterocycles. The molecule has 0 saturated carbocycles.